The largest absolute Gasteiger partial charge is 0.452 e. The van der Waals surface area contributed by atoms with Gasteiger partial charge in [-0.3, -0.25) is 4.79 Å². The minimum atomic E-state index is -0.577. The fraction of sp³-hybridized carbons (Fsp3) is 0.263. The molecular weight excluding hydrogens is 306 g/mol. The van der Waals surface area contributed by atoms with Crippen LogP contribution in [0.1, 0.15) is 41.3 Å². The molecule has 24 heavy (non-hydrogen) atoms. The lowest BCUT2D eigenvalue weighted by atomic mass is 10.0. The van der Waals surface area contributed by atoms with Crippen molar-refractivity contribution in [2.75, 3.05) is 11.9 Å². The van der Waals surface area contributed by atoms with E-state index >= 15 is 0 Å². The van der Waals surface area contributed by atoms with Crippen LogP contribution in [0.3, 0.4) is 0 Å². The molecule has 0 saturated heterocycles. The summed E-state index contributed by atoms with van der Waals surface area (Å²) in [4.78, 5) is 23.9. The van der Waals surface area contributed by atoms with Crippen molar-refractivity contribution < 1.29 is 19.4 Å². The van der Waals surface area contributed by atoms with Crippen LogP contribution in [0.4, 0.5) is 5.69 Å². The van der Waals surface area contributed by atoms with Gasteiger partial charge >= 0.3 is 5.97 Å². The number of amides is 1. The third kappa shape index (κ3) is 4.67. The molecule has 2 N–H and O–H groups in total. The van der Waals surface area contributed by atoms with Crippen molar-refractivity contribution in [3.05, 3.63) is 65.2 Å². The van der Waals surface area contributed by atoms with Gasteiger partial charge < -0.3 is 15.2 Å². The molecule has 0 spiro atoms. The average molecular weight is 327 g/mol. The SMILES string of the molecule is CC(C)c1ccccc1NC(=O)COC(=O)c1ccc(CO)cc1. The van der Waals surface area contributed by atoms with Gasteiger partial charge in [0, 0.05) is 5.69 Å². The Morgan fingerprint density at radius 3 is 2.38 bits per heavy atom. The molecule has 2 aromatic carbocycles. The number of rotatable bonds is 6. The van der Waals surface area contributed by atoms with Crippen molar-refractivity contribution in [3.63, 3.8) is 0 Å². The summed E-state index contributed by atoms with van der Waals surface area (Å²) in [5, 5.41) is 11.7. The van der Waals surface area contributed by atoms with Gasteiger partial charge in [-0.15, -0.1) is 0 Å². The number of carbonyl (C=O) groups is 2. The van der Waals surface area contributed by atoms with Crippen LogP contribution in [-0.2, 0) is 16.1 Å². The van der Waals surface area contributed by atoms with E-state index in [1.54, 1.807) is 24.3 Å². The minimum absolute atomic E-state index is 0.0903. The van der Waals surface area contributed by atoms with E-state index in [9.17, 15) is 9.59 Å². The van der Waals surface area contributed by atoms with Crippen LogP contribution in [0.2, 0.25) is 0 Å². The van der Waals surface area contributed by atoms with E-state index in [1.807, 2.05) is 38.1 Å². The Bertz CT molecular complexity index is 708. The van der Waals surface area contributed by atoms with Crippen molar-refractivity contribution in [2.45, 2.75) is 26.4 Å². The zero-order valence-electron chi connectivity index (χ0n) is 13.8. The van der Waals surface area contributed by atoms with Gasteiger partial charge in [0.05, 0.1) is 12.2 Å². The van der Waals surface area contributed by atoms with Crippen molar-refractivity contribution in [2.24, 2.45) is 0 Å². The molecule has 1 amide bonds. The maximum atomic E-state index is 12.0. The highest BCUT2D eigenvalue weighted by atomic mass is 16.5. The summed E-state index contributed by atoms with van der Waals surface area (Å²) in [6, 6.07) is 13.9. The molecule has 0 bridgehead atoms. The summed E-state index contributed by atoms with van der Waals surface area (Å²) in [7, 11) is 0. The van der Waals surface area contributed by atoms with Crippen molar-refractivity contribution in [1.82, 2.24) is 0 Å². The molecule has 0 saturated carbocycles. The normalized spacial score (nSPS) is 10.5. The van der Waals surface area contributed by atoms with Gasteiger partial charge in [0.25, 0.3) is 5.91 Å². The fourth-order valence-electron chi connectivity index (χ4n) is 2.26. The summed E-state index contributed by atoms with van der Waals surface area (Å²) >= 11 is 0. The Morgan fingerprint density at radius 2 is 1.75 bits per heavy atom. The molecule has 2 aromatic rings. The maximum Gasteiger partial charge on any atom is 0.338 e. The molecule has 126 valence electrons. The molecule has 5 heteroatoms. The Kier molecular flexibility index (Phi) is 6.09. The van der Waals surface area contributed by atoms with E-state index in [4.69, 9.17) is 9.84 Å². The first-order valence-corrected chi connectivity index (χ1v) is 7.77. The highest BCUT2D eigenvalue weighted by Crippen LogP contribution is 2.23. The first kappa shape index (κ1) is 17.7. The number of aliphatic hydroxyl groups is 1. The molecule has 0 aliphatic carbocycles. The van der Waals surface area contributed by atoms with Crippen LogP contribution in [0, 0.1) is 0 Å². The Hall–Kier alpha value is -2.66. The highest BCUT2D eigenvalue weighted by molar-refractivity contribution is 5.96. The lowest BCUT2D eigenvalue weighted by Gasteiger charge is -2.13. The van der Waals surface area contributed by atoms with Gasteiger partial charge in [0.2, 0.25) is 0 Å². The highest BCUT2D eigenvalue weighted by Gasteiger charge is 2.12. The lowest BCUT2D eigenvalue weighted by molar-refractivity contribution is -0.119. The van der Waals surface area contributed by atoms with Gasteiger partial charge in [-0.2, -0.15) is 0 Å². The molecule has 0 radical (unpaired) electrons. The van der Waals surface area contributed by atoms with Crippen LogP contribution in [0.15, 0.2) is 48.5 Å². The predicted molar refractivity (Wildman–Crippen MR) is 91.8 cm³/mol. The molecule has 0 atom stereocenters. The number of para-hydroxylation sites is 1. The number of benzene rings is 2. The van der Waals surface area contributed by atoms with E-state index < -0.39 is 5.97 Å². The van der Waals surface area contributed by atoms with Gasteiger partial charge in [-0.1, -0.05) is 44.2 Å². The molecule has 0 aromatic heterocycles. The first-order valence-electron chi connectivity index (χ1n) is 7.77. The summed E-state index contributed by atoms with van der Waals surface area (Å²) < 4.78 is 5.02. The zero-order valence-corrected chi connectivity index (χ0v) is 13.8. The minimum Gasteiger partial charge on any atom is -0.452 e. The van der Waals surface area contributed by atoms with E-state index in [2.05, 4.69) is 5.32 Å². The van der Waals surface area contributed by atoms with Crippen molar-refractivity contribution in [1.29, 1.82) is 0 Å². The quantitative estimate of drug-likeness (QED) is 0.800. The molecular formula is C19H21NO4. The van der Waals surface area contributed by atoms with Crippen LogP contribution < -0.4 is 5.32 Å². The second-order valence-corrected chi connectivity index (χ2v) is 5.72. The molecule has 0 unspecified atom stereocenters. The lowest BCUT2D eigenvalue weighted by Crippen LogP contribution is -2.21. The molecule has 0 heterocycles. The number of esters is 1. The van der Waals surface area contributed by atoms with Gasteiger partial charge in [0.15, 0.2) is 6.61 Å². The number of hydrogen-bond donors (Lipinski definition) is 2. The third-order valence-corrected chi connectivity index (χ3v) is 3.56. The Morgan fingerprint density at radius 1 is 1.08 bits per heavy atom. The van der Waals surface area contributed by atoms with E-state index in [0.717, 1.165) is 11.3 Å². The van der Waals surface area contributed by atoms with Gasteiger partial charge in [-0.05, 0) is 35.2 Å². The second kappa shape index (κ2) is 8.26. The van der Waals surface area contributed by atoms with E-state index in [-0.39, 0.29) is 25.0 Å². The number of carbonyl (C=O) groups excluding carboxylic acids is 2. The van der Waals surface area contributed by atoms with Gasteiger partial charge in [0.1, 0.15) is 0 Å². The number of aliphatic hydroxyl groups excluding tert-OH is 1. The van der Waals surface area contributed by atoms with Crippen LogP contribution in [0.25, 0.3) is 0 Å². The summed E-state index contributed by atoms with van der Waals surface area (Å²) in [6.07, 6.45) is 0. The van der Waals surface area contributed by atoms with Crippen molar-refractivity contribution >= 4 is 17.6 Å². The second-order valence-electron chi connectivity index (χ2n) is 5.72. The fourth-order valence-corrected chi connectivity index (χ4v) is 2.26. The number of hydrogen-bond acceptors (Lipinski definition) is 4. The van der Waals surface area contributed by atoms with E-state index in [1.165, 1.54) is 0 Å². The number of nitrogens with one attached hydrogen (secondary N) is 1. The molecule has 2 rings (SSSR count). The maximum absolute atomic E-state index is 12.0. The predicted octanol–water partition coefficient (Wildman–Crippen LogP) is 3.10. The molecule has 0 aliphatic heterocycles. The summed E-state index contributed by atoms with van der Waals surface area (Å²) in [5.41, 5.74) is 2.79. The number of anilines is 1. The topological polar surface area (TPSA) is 75.6 Å². The molecule has 0 aliphatic rings. The Balaban J connectivity index is 1.92. The van der Waals surface area contributed by atoms with Crippen LogP contribution in [0.5, 0.6) is 0 Å². The first-order chi connectivity index (χ1) is 11.5. The van der Waals surface area contributed by atoms with Crippen LogP contribution >= 0.6 is 0 Å². The Labute approximate surface area is 141 Å². The zero-order chi connectivity index (χ0) is 17.5. The monoisotopic (exact) mass is 327 g/mol. The third-order valence-electron chi connectivity index (χ3n) is 3.56. The smallest absolute Gasteiger partial charge is 0.338 e. The summed E-state index contributed by atoms with van der Waals surface area (Å²) in [5.74, 6) is -0.690. The summed E-state index contributed by atoms with van der Waals surface area (Å²) in [6.45, 7) is 3.64. The molecule has 0 fully saturated rings. The van der Waals surface area contributed by atoms with Gasteiger partial charge in [-0.25, -0.2) is 4.79 Å². The van der Waals surface area contributed by atoms with Crippen LogP contribution in [-0.4, -0.2) is 23.6 Å². The molecule has 5 nitrogen and oxygen atoms in total. The average Bonchev–Trinajstić information content (AvgIpc) is 2.60. The number of ether oxygens (including phenoxy) is 1. The standard InChI is InChI=1S/C19H21NO4/c1-13(2)16-5-3-4-6-17(16)20-18(22)12-24-19(23)15-9-7-14(11-21)8-10-15/h3-10,13,21H,11-12H2,1-2H3,(H,20,22). The van der Waals surface area contributed by atoms with E-state index in [0.29, 0.717) is 11.1 Å². The van der Waals surface area contributed by atoms with Crippen molar-refractivity contribution in [3.8, 4) is 0 Å².